The number of carbonyl (C=O) groups is 2. The van der Waals surface area contributed by atoms with Gasteiger partial charge in [0.1, 0.15) is 11.4 Å². The van der Waals surface area contributed by atoms with Crippen LogP contribution in [0.25, 0.3) is 10.9 Å². The molecule has 0 bridgehead atoms. The number of rotatable bonds is 4. The molecular formula is C25H31N3O7. The van der Waals surface area contributed by atoms with Crippen molar-refractivity contribution in [3.05, 3.63) is 33.6 Å². The van der Waals surface area contributed by atoms with E-state index in [1.165, 1.54) is 5.06 Å². The number of nitrogens with one attached hydrogen (secondary N) is 1. The molecule has 1 aromatic carbocycles. The molecule has 2 aromatic rings. The number of anilines is 1. The summed E-state index contributed by atoms with van der Waals surface area (Å²) in [6, 6.07) is 3.91. The van der Waals surface area contributed by atoms with E-state index in [0.29, 0.717) is 80.0 Å². The summed E-state index contributed by atoms with van der Waals surface area (Å²) >= 11 is 0. The number of ether oxygens (including phenoxy) is 3. The van der Waals surface area contributed by atoms with Gasteiger partial charge in [-0.05, 0) is 43.9 Å². The zero-order valence-corrected chi connectivity index (χ0v) is 20.0. The minimum Gasteiger partial charge on any atom is -0.493 e. The number of carbonyl (C=O) groups excluding carboxylic acids is 2. The Balaban J connectivity index is 1.63. The third-order valence-corrected chi connectivity index (χ3v) is 6.62. The van der Waals surface area contributed by atoms with Crippen LogP contribution in [0.4, 0.5) is 5.69 Å². The topological polar surface area (TPSA) is 110 Å². The van der Waals surface area contributed by atoms with Crippen molar-refractivity contribution in [1.29, 1.82) is 0 Å². The van der Waals surface area contributed by atoms with Crippen LogP contribution in [0.15, 0.2) is 16.9 Å². The van der Waals surface area contributed by atoms with Gasteiger partial charge in [0, 0.05) is 44.5 Å². The lowest BCUT2D eigenvalue weighted by molar-refractivity contribution is -0.164. The molecule has 3 aliphatic rings. The number of pyridine rings is 1. The van der Waals surface area contributed by atoms with Crippen LogP contribution in [0, 0.1) is 0 Å². The molecule has 0 aliphatic carbocycles. The molecule has 2 fully saturated rings. The molecule has 3 aliphatic heterocycles. The zero-order valence-electron chi connectivity index (χ0n) is 20.0. The molecule has 0 spiro atoms. The lowest BCUT2D eigenvalue weighted by Gasteiger charge is -2.37. The Labute approximate surface area is 203 Å². The minimum atomic E-state index is -0.801. The Morgan fingerprint density at radius 2 is 1.83 bits per heavy atom. The Bertz CT molecular complexity index is 1170. The van der Waals surface area contributed by atoms with Gasteiger partial charge in [-0.2, -0.15) is 5.06 Å². The second-order valence-electron chi connectivity index (χ2n) is 9.10. The molecule has 188 valence electrons. The number of fused-ring (bicyclic) bond motifs is 5. The van der Waals surface area contributed by atoms with Crippen molar-refractivity contribution in [3.63, 3.8) is 0 Å². The highest BCUT2D eigenvalue weighted by Crippen LogP contribution is 2.41. The molecule has 0 amide bonds. The predicted octanol–water partition coefficient (Wildman–Crippen LogP) is 2.41. The molecule has 5 rings (SSSR count). The first kappa shape index (κ1) is 23.6. The fourth-order valence-corrected chi connectivity index (χ4v) is 4.97. The number of aromatic amines is 1. The molecule has 10 heteroatoms. The Kier molecular flexibility index (Phi) is 6.92. The molecule has 0 radical (unpaired) electrons. The van der Waals surface area contributed by atoms with Crippen molar-refractivity contribution in [2.75, 3.05) is 38.0 Å². The van der Waals surface area contributed by atoms with E-state index in [1.54, 1.807) is 0 Å². The summed E-state index contributed by atoms with van der Waals surface area (Å²) in [5.74, 6) is -0.176. The smallest absolute Gasteiger partial charge is 0.332 e. The number of morpholine rings is 1. The molecule has 1 N–H and O–H groups in total. The van der Waals surface area contributed by atoms with E-state index < -0.39 is 12.2 Å². The van der Waals surface area contributed by atoms with E-state index in [-0.39, 0.29) is 24.4 Å². The number of nitrogens with zero attached hydrogens (tertiary/aromatic N) is 2. The van der Waals surface area contributed by atoms with E-state index in [2.05, 4.69) is 9.88 Å². The SMILES string of the molecule is CCOc1cc(CN2CCOCC2)cc2[nH]c(=O)c3c(c12)N1OC(=O)CCCCC(=O)OC1CC3. The average molecular weight is 486 g/mol. The first-order valence-electron chi connectivity index (χ1n) is 12.4. The van der Waals surface area contributed by atoms with Crippen molar-refractivity contribution < 1.29 is 28.6 Å². The van der Waals surface area contributed by atoms with Crippen LogP contribution in [0.2, 0.25) is 0 Å². The second kappa shape index (κ2) is 10.2. The third kappa shape index (κ3) is 4.99. The second-order valence-corrected chi connectivity index (χ2v) is 9.10. The van der Waals surface area contributed by atoms with Gasteiger partial charge in [-0.25, -0.2) is 4.79 Å². The number of hydrogen-bond acceptors (Lipinski definition) is 9. The molecule has 4 heterocycles. The summed E-state index contributed by atoms with van der Waals surface area (Å²) in [6.07, 6.45) is 1.47. The van der Waals surface area contributed by atoms with Gasteiger partial charge in [0.25, 0.3) is 5.56 Å². The van der Waals surface area contributed by atoms with Gasteiger partial charge >= 0.3 is 11.9 Å². The fraction of sp³-hybridized carbons (Fsp3) is 0.560. The normalized spacial score (nSPS) is 21.6. The van der Waals surface area contributed by atoms with Gasteiger partial charge in [-0.1, -0.05) is 0 Å². The van der Waals surface area contributed by atoms with Crippen molar-refractivity contribution in [2.45, 2.75) is 58.2 Å². The molecule has 35 heavy (non-hydrogen) atoms. The van der Waals surface area contributed by atoms with Crippen molar-refractivity contribution in [3.8, 4) is 5.75 Å². The van der Waals surface area contributed by atoms with Gasteiger partial charge in [-0.3, -0.25) is 14.5 Å². The van der Waals surface area contributed by atoms with Gasteiger partial charge < -0.3 is 24.0 Å². The molecule has 1 aromatic heterocycles. The molecule has 1 unspecified atom stereocenters. The Morgan fingerprint density at radius 1 is 1.06 bits per heavy atom. The molecule has 0 saturated carbocycles. The van der Waals surface area contributed by atoms with Crippen LogP contribution in [0.1, 0.15) is 50.2 Å². The number of aromatic nitrogens is 1. The number of hydrogen-bond donors (Lipinski definition) is 1. The quantitative estimate of drug-likeness (QED) is 0.653. The Hall–Kier alpha value is -3.11. The van der Waals surface area contributed by atoms with Crippen LogP contribution in [-0.2, 0) is 36.9 Å². The maximum absolute atomic E-state index is 13.1. The number of H-pyrrole nitrogens is 1. The monoisotopic (exact) mass is 485 g/mol. The lowest BCUT2D eigenvalue weighted by atomic mass is 9.98. The van der Waals surface area contributed by atoms with Crippen molar-refractivity contribution >= 4 is 28.5 Å². The van der Waals surface area contributed by atoms with Gasteiger partial charge in [0.05, 0.1) is 30.7 Å². The average Bonchev–Trinajstić information content (AvgIpc) is 2.83. The van der Waals surface area contributed by atoms with Crippen molar-refractivity contribution in [2.24, 2.45) is 0 Å². The lowest BCUT2D eigenvalue weighted by Crippen LogP contribution is -2.45. The van der Waals surface area contributed by atoms with Gasteiger partial charge in [0.2, 0.25) is 6.23 Å². The van der Waals surface area contributed by atoms with Gasteiger partial charge in [0.15, 0.2) is 0 Å². The highest BCUT2D eigenvalue weighted by molar-refractivity contribution is 5.99. The van der Waals surface area contributed by atoms with E-state index >= 15 is 0 Å². The van der Waals surface area contributed by atoms with E-state index in [0.717, 1.165) is 18.7 Å². The third-order valence-electron chi connectivity index (χ3n) is 6.62. The zero-order chi connectivity index (χ0) is 24.4. The highest BCUT2D eigenvalue weighted by Gasteiger charge is 2.37. The van der Waals surface area contributed by atoms with Crippen LogP contribution in [-0.4, -0.2) is 61.0 Å². The molecule has 1 atom stereocenters. The fourth-order valence-electron chi connectivity index (χ4n) is 4.97. The number of benzene rings is 1. The summed E-state index contributed by atoms with van der Waals surface area (Å²) < 4.78 is 17.2. The van der Waals surface area contributed by atoms with Crippen LogP contribution < -0.4 is 15.4 Å². The molecule has 10 nitrogen and oxygen atoms in total. The summed E-state index contributed by atoms with van der Waals surface area (Å²) in [5, 5.41) is 1.96. The summed E-state index contributed by atoms with van der Waals surface area (Å²) in [7, 11) is 0. The minimum absolute atomic E-state index is 0.189. The summed E-state index contributed by atoms with van der Waals surface area (Å²) in [6.45, 7) is 6.05. The predicted molar refractivity (Wildman–Crippen MR) is 127 cm³/mol. The summed E-state index contributed by atoms with van der Waals surface area (Å²) in [4.78, 5) is 49.2. The number of esters is 1. The van der Waals surface area contributed by atoms with Gasteiger partial charge in [-0.15, -0.1) is 0 Å². The molecule has 2 saturated heterocycles. The Morgan fingerprint density at radius 3 is 2.60 bits per heavy atom. The van der Waals surface area contributed by atoms with Crippen LogP contribution in [0.5, 0.6) is 5.75 Å². The largest absolute Gasteiger partial charge is 0.493 e. The number of hydroxylamine groups is 1. The standard InChI is InChI=1S/C25H31N3O7/c1-2-33-19-14-16(15-27-9-11-32-12-10-27)13-18-23(19)24-17(25(31)26-18)7-8-20-28(24)35-22(30)6-4-3-5-21(29)34-20/h13-14,20H,2-12,15H2,1H3,(H,26,31). The first-order valence-corrected chi connectivity index (χ1v) is 12.4. The van der Waals surface area contributed by atoms with E-state index in [1.807, 2.05) is 19.1 Å². The maximum Gasteiger partial charge on any atom is 0.332 e. The first-order chi connectivity index (χ1) is 17.0. The highest BCUT2D eigenvalue weighted by atomic mass is 16.7. The summed E-state index contributed by atoms with van der Waals surface area (Å²) in [5.41, 5.74) is 2.24. The van der Waals surface area contributed by atoms with E-state index in [9.17, 15) is 14.4 Å². The van der Waals surface area contributed by atoms with E-state index in [4.69, 9.17) is 19.0 Å². The van der Waals surface area contributed by atoms with Crippen LogP contribution >= 0.6 is 0 Å². The van der Waals surface area contributed by atoms with Crippen LogP contribution in [0.3, 0.4) is 0 Å². The maximum atomic E-state index is 13.1. The van der Waals surface area contributed by atoms with Crippen molar-refractivity contribution in [1.82, 2.24) is 9.88 Å². The molecular weight excluding hydrogens is 454 g/mol.